The predicted molar refractivity (Wildman–Crippen MR) is 175 cm³/mol. The maximum Gasteiger partial charge on any atom is 0.00369 e. The SMILES string of the molecule is CCCCCCCCCCCC[S].CCCCCCCCCCCC[S].[CH2]CCC.[CH2]CCC.[Sn]. The van der Waals surface area contributed by atoms with E-state index in [4.69, 9.17) is 25.3 Å². The Bertz CT molecular complexity index is 212. The van der Waals surface area contributed by atoms with Crippen molar-refractivity contribution in [1.29, 1.82) is 0 Å². The molecule has 0 spiro atoms. The number of unbranched alkanes of at least 4 members (excludes halogenated alkanes) is 20. The fourth-order valence-corrected chi connectivity index (χ4v) is 3.59. The molecular formula is C32H68S2Sn. The van der Waals surface area contributed by atoms with Gasteiger partial charge in [0.05, 0.1) is 0 Å². The van der Waals surface area contributed by atoms with Crippen molar-refractivity contribution >= 4 is 49.2 Å². The summed E-state index contributed by atoms with van der Waals surface area (Å²) in [6.07, 6.45) is 32.6. The van der Waals surface area contributed by atoms with Crippen molar-refractivity contribution in [1.82, 2.24) is 0 Å². The normalized spacial score (nSPS) is 9.60. The molecule has 0 saturated heterocycles. The van der Waals surface area contributed by atoms with Crippen LogP contribution in [-0.2, 0) is 0 Å². The van der Waals surface area contributed by atoms with Gasteiger partial charge in [-0.3, -0.25) is 0 Å². The van der Waals surface area contributed by atoms with Crippen molar-refractivity contribution in [2.45, 2.75) is 182 Å². The maximum atomic E-state index is 4.90. The van der Waals surface area contributed by atoms with Crippen molar-refractivity contribution < 1.29 is 0 Å². The largest absolute Gasteiger partial charge is 0.0942 e. The second kappa shape index (κ2) is 55.9. The third-order valence-corrected chi connectivity index (χ3v) is 6.28. The van der Waals surface area contributed by atoms with Crippen molar-refractivity contribution in [3.8, 4) is 0 Å². The van der Waals surface area contributed by atoms with E-state index >= 15 is 0 Å². The molecule has 3 heteroatoms. The van der Waals surface area contributed by atoms with Gasteiger partial charge in [0.15, 0.2) is 0 Å². The van der Waals surface area contributed by atoms with Gasteiger partial charge in [-0.1, -0.05) is 208 Å². The first-order chi connectivity index (χ1) is 16.7. The Kier molecular flexibility index (Phi) is 74.0. The number of hydrogen-bond acceptors (Lipinski definition) is 0. The molecule has 0 heterocycles. The van der Waals surface area contributed by atoms with Crippen LogP contribution in [0.15, 0.2) is 0 Å². The topological polar surface area (TPSA) is 0 Å². The van der Waals surface area contributed by atoms with E-state index in [-0.39, 0.29) is 23.9 Å². The van der Waals surface area contributed by atoms with E-state index < -0.39 is 0 Å². The van der Waals surface area contributed by atoms with E-state index in [0.717, 1.165) is 24.3 Å². The Balaban J connectivity index is -0.000000128. The Morgan fingerprint density at radius 2 is 0.514 bits per heavy atom. The van der Waals surface area contributed by atoms with Crippen LogP contribution in [0.1, 0.15) is 182 Å². The van der Waals surface area contributed by atoms with Crippen LogP contribution in [0.5, 0.6) is 0 Å². The minimum absolute atomic E-state index is 0. The molecule has 212 valence electrons. The zero-order valence-corrected chi connectivity index (χ0v) is 29.6. The molecule has 0 aliphatic heterocycles. The molecular weight excluding hydrogens is 567 g/mol. The second-order valence-electron chi connectivity index (χ2n) is 9.48. The van der Waals surface area contributed by atoms with Gasteiger partial charge >= 0.3 is 0 Å². The van der Waals surface area contributed by atoms with Crippen molar-refractivity contribution in [2.24, 2.45) is 0 Å². The molecule has 0 N–H and O–H groups in total. The van der Waals surface area contributed by atoms with Gasteiger partial charge in [-0.25, -0.2) is 0 Å². The molecule has 0 unspecified atom stereocenters. The quantitative estimate of drug-likeness (QED) is 0.0820. The van der Waals surface area contributed by atoms with Gasteiger partial charge < -0.3 is 0 Å². The standard InChI is InChI=1S/2C12H25S.2C4H9.Sn/c2*1-2-3-4-5-6-7-8-9-10-11-12-13;2*1-3-4-2;/h2*2-12H2,1H3;2*1,3-4H2,2H3;. The van der Waals surface area contributed by atoms with Crippen LogP contribution in [-0.4, -0.2) is 35.4 Å². The van der Waals surface area contributed by atoms with E-state index in [9.17, 15) is 0 Å². The Hall–Kier alpha value is 1.50. The average molecular weight is 636 g/mol. The van der Waals surface area contributed by atoms with E-state index in [0.29, 0.717) is 0 Å². The third-order valence-electron chi connectivity index (χ3n) is 5.70. The Labute approximate surface area is 254 Å². The second-order valence-corrected chi connectivity index (χ2v) is 10.3. The zero-order valence-electron chi connectivity index (χ0n) is 25.1. The molecule has 0 amide bonds. The van der Waals surface area contributed by atoms with Crippen molar-refractivity contribution in [3.63, 3.8) is 0 Å². The molecule has 0 atom stereocenters. The zero-order chi connectivity index (χ0) is 26.4. The van der Waals surface area contributed by atoms with Gasteiger partial charge in [0.25, 0.3) is 0 Å². The first kappa shape index (κ1) is 46.4. The van der Waals surface area contributed by atoms with Crippen LogP contribution >= 0.6 is 25.3 Å². The molecule has 0 aromatic carbocycles. The number of rotatable bonds is 22. The van der Waals surface area contributed by atoms with Gasteiger partial charge in [-0.15, -0.1) is 0 Å². The van der Waals surface area contributed by atoms with Crippen LogP contribution in [0.25, 0.3) is 0 Å². The van der Waals surface area contributed by atoms with Crippen LogP contribution in [0, 0.1) is 13.8 Å². The predicted octanol–water partition coefficient (Wildman–Crippen LogP) is 13.1. The first-order valence-electron chi connectivity index (χ1n) is 15.4. The Morgan fingerprint density at radius 1 is 0.343 bits per heavy atom. The molecule has 0 rings (SSSR count). The molecule has 0 aromatic heterocycles. The average Bonchev–Trinajstić information content (AvgIpc) is 2.87. The van der Waals surface area contributed by atoms with Crippen LogP contribution in [0.3, 0.4) is 0 Å². The number of hydrogen-bond donors (Lipinski definition) is 0. The van der Waals surface area contributed by atoms with Crippen LogP contribution in [0.2, 0.25) is 0 Å². The van der Waals surface area contributed by atoms with Gasteiger partial charge in [0.1, 0.15) is 0 Å². The summed E-state index contributed by atoms with van der Waals surface area (Å²) in [4.78, 5) is 0. The molecule has 0 fully saturated rings. The van der Waals surface area contributed by atoms with E-state index in [1.807, 2.05) is 0 Å². The summed E-state index contributed by atoms with van der Waals surface area (Å²) >= 11 is 9.80. The summed E-state index contributed by atoms with van der Waals surface area (Å²) in [5, 5.41) is 0. The van der Waals surface area contributed by atoms with Gasteiger partial charge in [-0.2, -0.15) is 0 Å². The van der Waals surface area contributed by atoms with Gasteiger partial charge in [0, 0.05) is 35.4 Å². The summed E-state index contributed by atoms with van der Waals surface area (Å²) < 4.78 is 0. The summed E-state index contributed by atoms with van der Waals surface area (Å²) in [6, 6.07) is 0. The molecule has 0 saturated carbocycles. The summed E-state index contributed by atoms with van der Waals surface area (Å²) in [5.74, 6) is 1.91. The summed E-state index contributed by atoms with van der Waals surface area (Å²) in [6.45, 7) is 16.0. The van der Waals surface area contributed by atoms with Crippen LogP contribution in [0.4, 0.5) is 0 Å². The molecule has 0 aliphatic carbocycles. The van der Waals surface area contributed by atoms with Crippen molar-refractivity contribution in [3.05, 3.63) is 13.8 Å². The van der Waals surface area contributed by atoms with Crippen LogP contribution < -0.4 is 0 Å². The van der Waals surface area contributed by atoms with Gasteiger partial charge in [-0.05, 0) is 12.8 Å². The minimum atomic E-state index is 0. The first-order valence-corrected chi connectivity index (χ1v) is 16.6. The molecule has 0 aliphatic rings. The van der Waals surface area contributed by atoms with Gasteiger partial charge in [0.2, 0.25) is 0 Å². The molecule has 0 nitrogen and oxygen atoms in total. The maximum absolute atomic E-state index is 4.90. The third kappa shape index (κ3) is 72.1. The summed E-state index contributed by atoms with van der Waals surface area (Å²) in [5.41, 5.74) is 0. The van der Waals surface area contributed by atoms with E-state index in [2.05, 4.69) is 41.5 Å². The fourth-order valence-electron chi connectivity index (χ4n) is 3.18. The van der Waals surface area contributed by atoms with E-state index in [1.165, 1.54) is 141 Å². The monoisotopic (exact) mass is 636 g/mol. The van der Waals surface area contributed by atoms with Crippen molar-refractivity contribution in [2.75, 3.05) is 11.5 Å². The smallest absolute Gasteiger partial charge is 0.00369 e. The van der Waals surface area contributed by atoms with E-state index in [1.54, 1.807) is 0 Å². The fraction of sp³-hybridized carbons (Fsp3) is 0.938. The molecule has 35 heavy (non-hydrogen) atoms. The Morgan fingerprint density at radius 3 is 0.657 bits per heavy atom. The summed E-state index contributed by atoms with van der Waals surface area (Å²) in [7, 11) is 0. The molecule has 0 bridgehead atoms. The minimum Gasteiger partial charge on any atom is -0.0942 e. The molecule has 8 radical (unpaired) electrons. The molecule has 0 aromatic rings.